The van der Waals surface area contributed by atoms with E-state index in [2.05, 4.69) is 15.9 Å². The molecule has 0 heterocycles. The molecule has 0 aromatic heterocycles. The van der Waals surface area contributed by atoms with E-state index in [1.165, 1.54) is 0 Å². The van der Waals surface area contributed by atoms with Crippen molar-refractivity contribution in [1.29, 1.82) is 0 Å². The van der Waals surface area contributed by atoms with E-state index in [9.17, 15) is 13.6 Å². The molecule has 1 aromatic carbocycles. The van der Waals surface area contributed by atoms with Gasteiger partial charge in [0.2, 0.25) is 0 Å². The van der Waals surface area contributed by atoms with E-state index in [0.717, 1.165) is 18.6 Å². The highest BCUT2D eigenvalue weighted by Gasteiger charge is 2.12. The standard InChI is InChI=1S/C11H11BrF2O2/c1-2-3-4-11(15)16-10-6-8(13)7(12)5-9(10)14/h5-6H,2-4H2,1H3. The van der Waals surface area contributed by atoms with Gasteiger partial charge in [0, 0.05) is 12.5 Å². The molecule has 0 spiro atoms. The fourth-order valence-corrected chi connectivity index (χ4v) is 1.39. The Bertz CT molecular complexity index is 394. The number of ether oxygens (including phenoxy) is 1. The second-order valence-electron chi connectivity index (χ2n) is 3.27. The van der Waals surface area contributed by atoms with Crippen LogP contribution in [-0.4, -0.2) is 5.97 Å². The van der Waals surface area contributed by atoms with E-state index < -0.39 is 17.6 Å². The van der Waals surface area contributed by atoms with E-state index in [4.69, 9.17) is 4.74 Å². The molecule has 0 fully saturated rings. The summed E-state index contributed by atoms with van der Waals surface area (Å²) in [6, 6.07) is 1.78. The molecule has 2 nitrogen and oxygen atoms in total. The van der Waals surface area contributed by atoms with Gasteiger partial charge in [0.1, 0.15) is 5.82 Å². The molecule has 0 aliphatic heterocycles. The molecule has 5 heteroatoms. The monoisotopic (exact) mass is 292 g/mol. The number of halogens is 3. The lowest BCUT2D eigenvalue weighted by molar-refractivity contribution is -0.134. The van der Waals surface area contributed by atoms with E-state index >= 15 is 0 Å². The molecule has 0 unspecified atom stereocenters. The molecule has 0 saturated heterocycles. The SMILES string of the molecule is CCCCC(=O)Oc1cc(F)c(Br)cc1F. The normalized spacial score (nSPS) is 10.2. The van der Waals surface area contributed by atoms with Crippen LogP contribution in [0.5, 0.6) is 5.75 Å². The van der Waals surface area contributed by atoms with Crippen LogP contribution >= 0.6 is 15.9 Å². The van der Waals surface area contributed by atoms with Gasteiger partial charge in [-0.2, -0.15) is 0 Å². The lowest BCUT2D eigenvalue weighted by Crippen LogP contribution is -2.08. The number of carbonyl (C=O) groups is 1. The molecule has 1 rings (SSSR count). The highest BCUT2D eigenvalue weighted by atomic mass is 79.9. The minimum atomic E-state index is -0.766. The van der Waals surface area contributed by atoms with Crippen LogP contribution in [-0.2, 0) is 4.79 Å². The summed E-state index contributed by atoms with van der Waals surface area (Å²) in [6.07, 6.45) is 1.71. The zero-order valence-corrected chi connectivity index (χ0v) is 10.3. The highest BCUT2D eigenvalue weighted by molar-refractivity contribution is 9.10. The minimum Gasteiger partial charge on any atom is -0.423 e. The fraction of sp³-hybridized carbons (Fsp3) is 0.364. The van der Waals surface area contributed by atoms with E-state index in [1.807, 2.05) is 6.92 Å². The van der Waals surface area contributed by atoms with Crippen molar-refractivity contribution in [2.75, 3.05) is 0 Å². The lowest BCUT2D eigenvalue weighted by Gasteiger charge is -2.05. The third-order valence-electron chi connectivity index (χ3n) is 1.93. The van der Waals surface area contributed by atoms with Gasteiger partial charge in [-0.05, 0) is 28.4 Å². The van der Waals surface area contributed by atoms with Gasteiger partial charge in [-0.25, -0.2) is 8.78 Å². The van der Waals surface area contributed by atoms with Crippen molar-refractivity contribution in [3.63, 3.8) is 0 Å². The predicted octanol–water partition coefficient (Wildman–Crippen LogP) is 3.82. The molecule has 0 atom stereocenters. The summed E-state index contributed by atoms with van der Waals surface area (Å²) in [5.74, 6) is -2.36. The van der Waals surface area contributed by atoms with Gasteiger partial charge < -0.3 is 4.74 Å². The third kappa shape index (κ3) is 3.56. The van der Waals surface area contributed by atoms with Gasteiger partial charge in [-0.1, -0.05) is 13.3 Å². The van der Waals surface area contributed by atoms with Crippen molar-refractivity contribution in [3.8, 4) is 5.75 Å². The smallest absolute Gasteiger partial charge is 0.311 e. The van der Waals surface area contributed by atoms with Gasteiger partial charge in [0.05, 0.1) is 4.47 Å². The van der Waals surface area contributed by atoms with Gasteiger partial charge in [0.15, 0.2) is 11.6 Å². The largest absolute Gasteiger partial charge is 0.423 e. The number of benzene rings is 1. The molecule has 0 N–H and O–H groups in total. The Kier molecular flexibility index (Phi) is 4.86. The van der Waals surface area contributed by atoms with Crippen molar-refractivity contribution in [2.45, 2.75) is 26.2 Å². The van der Waals surface area contributed by atoms with Gasteiger partial charge in [0.25, 0.3) is 0 Å². The summed E-state index contributed by atoms with van der Waals surface area (Å²) < 4.78 is 31.0. The zero-order chi connectivity index (χ0) is 12.1. The number of carbonyl (C=O) groups excluding carboxylic acids is 1. The van der Waals surface area contributed by atoms with Crippen molar-refractivity contribution in [2.24, 2.45) is 0 Å². The quantitative estimate of drug-likeness (QED) is 0.479. The fourth-order valence-electron chi connectivity index (χ4n) is 1.08. The van der Waals surface area contributed by atoms with Crippen LogP contribution in [0.1, 0.15) is 26.2 Å². The van der Waals surface area contributed by atoms with Crippen LogP contribution in [0.3, 0.4) is 0 Å². The van der Waals surface area contributed by atoms with Crippen molar-refractivity contribution < 1.29 is 18.3 Å². The molecule has 0 bridgehead atoms. The molecule has 88 valence electrons. The molecule has 0 radical (unpaired) electrons. The maximum Gasteiger partial charge on any atom is 0.311 e. The first-order valence-corrected chi connectivity index (χ1v) is 5.69. The van der Waals surface area contributed by atoms with Crippen LogP contribution in [0.25, 0.3) is 0 Å². The van der Waals surface area contributed by atoms with Crippen molar-refractivity contribution in [3.05, 3.63) is 28.2 Å². The zero-order valence-electron chi connectivity index (χ0n) is 8.73. The second-order valence-corrected chi connectivity index (χ2v) is 4.13. The topological polar surface area (TPSA) is 26.3 Å². The molecular formula is C11H11BrF2O2. The van der Waals surface area contributed by atoms with Crippen LogP contribution in [0, 0.1) is 11.6 Å². The van der Waals surface area contributed by atoms with Crippen LogP contribution < -0.4 is 4.74 Å². The Hall–Kier alpha value is -0.970. The summed E-state index contributed by atoms with van der Waals surface area (Å²) >= 11 is 2.83. The van der Waals surface area contributed by atoms with E-state index in [-0.39, 0.29) is 16.6 Å². The second kappa shape index (κ2) is 5.94. The average molecular weight is 293 g/mol. The van der Waals surface area contributed by atoms with Gasteiger partial charge >= 0.3 is 5.97 Å². The molecule has 0 amide bonds. The molecule has 1 aromatic rings. The Morgan fingerprint density at radius 2 is 2.06 bits per heavy atom. The van der Waals surface area contributed by atoms with Crippen LogP contribution in [0.2, 0.25) is 0 Å². The molecule has 16 heavy (non-hydrogen) atoms. The van der Waals surface area contributed by atoms with Gasteiger partial charge in [-0.15, -0.1) is 0 Å². The van der Waals surface area contributed by atoms with Crippen molar-refractivity contribution in [1.82, 2.24) is 0 Å². The third-order valence-corrected chi connectivity index (χ3v) is 2.54. The maximum absolute atomic E-state index is 13.2. The lowest BCUT2D eigenvalue weighted by atomic mass is 10.2. The number of unbranched alkanes of at least 4 members (excludes halogenated alkanes) is 1. The first-order valence-electron chi connectivity index (χ1n) is 4.89. The number of rotatable bonds is 4. The van der Waals surface area contributed by atoms with E-state index in [1.54, 1.807) is 0 Å². The summed E-state index contributed by atoms with van der Waals surface area (Å²) in [4.78, 5) is 11.2. The minimum absolute atomic E-state index is 0.00152. The Balaban J connectivity index is 2.73. The van der Waals surface area contributed by atoms with Gasteiger partial charge in [-0.3, -0.25) is 4.79 Å². The highest BCUT2D eigenvalue weighted by Crippen LogP contribution is 2.25. The Morgan fingerprint density at radius 1 is 1.38 bits per heavy atom. The van der Waals surface area contributed by atoms with E-state index in [0.29, 0.717) is 6.42 Å². The molecule has 0 aliphatic rings. The first-order chi connectivity index (χ1) is 7.54. The number of hydrogen-bond acceptors (Lipinski definition) is 2. The van der Waals surface area contributed by atoms with Crippen LogP contribution in [0.4, 0.5) is 8.78 Å². The summed E-state index contributed by atoms with van der Waals surface area (Å²) in [6.45, 7) is 1.92. The average Bonchev–Trinajstić information content (AvgIpc) is 2.23. The molecule has 0 saturated carbocycles. The van der Waals surface area contributed by atoms with Crippen molar-refractivity contribution >= 4 is 21.9 Å². The van der Waals surface area contributed by atoms with Crippen LogP contribution in [0.15, 0.2) is 16.6 Å². The Labute approximate surface area is 101 Å². The Morgan fingerprint density at radius 3 is 2.69 bits per heavy atom. The number of hydrogen-bond donors (Lipinski definition) is 0. The summed E-state index contributed by atoms with van der Waals surface area (Å²) in [5.41, 5.74) is 0. The molecule has 0 aliphatic carbocycles. The summed E-state index contributed by atoms with van der Waals surface area (Å²) in [5, 5.41) is 0. The predicted molar refractivity (Wildman–Crippen MR) is 59.2 cm³/mol. The maximum atomic E-state index is 13.2. The number of esters is 1. The molecular weight excluding hydrogens is 282 g/mol. The first kappa shape index (κ1) is 13.1. The summed E-state index contributed by atoms with van der Waals surface area (Å²) in [7, 11) is 0.